The van der Waals surface area contributed by atoms with Crippen LogP contribution in [-0.4, -0.2) is 69.5 Å². The van der Waals surface area contributed by atoms with Crippen LogP contribution < -0.4 is 5.32 Å². The summed E-state index contributed by atoms with van der Waals surface area (Å²) in [6.45, 7) is 4.54. The van der Waals surface area contributed by atoms with Gasteiger partial charge in [-0.1, -0.05) is 17.7 Å². The molecule has 1 aromatic carbocycles. The summed E-state index contributed by atoms with van der Waals surface area (Å²) in [5, 5.41) is 5.00. The highest BCUT2D eigenvalue weighted by atomic mass is 35.5. The highest BCUT2D eigenvalue weighted by molar-refractivity contribution is 7.89. The van der Waals surface area contributed by atoms with Crippen molar-refractivity contribution < 1.29 is 17.9 Å². The number of carbonyl (C=O) groups excluding carboxylic acids is 1. The number of rotatable bonds is 7. The summed E-state index contributed by atoms with van der Waals surface area (Å²) < 4.78 is 33.5. The van der Waals surface area contributed by atoms with Gasteiger partial charge in [0.15, 0.2) is 0 Å². The number of hydrogen-bond donors (Lipinski definition) is 1. The molecular weight excluding hydrogens is 458 g/mol. The molecule has 2 heterocycles. The number of nitrogens with zero attached hydrogens (tertiary/aromatic N) is 2. The van der Waals surface area contributed by atoms with Crippen molar-refractivity contribution in [3.8, 4) is 0 Å². The van der Waals surface area contributed by atoms with E-state index in [1.165, 1.54) is 22.5 Å². The first-order valence-corrected chi connectivity index (χ1v) is 12.7. The molecule has 0 radical (unpaired) electrons. The van der Waals surface area contributed by atoms with Crippen molar-refractivity contribution in [3.05, 3.63) is 51.2 Å². The van der Waals surface area contributed by atoms with Crippen molar-refractivity contribution in [1.82, 2.24) is 14.5 Å². The Balaban J connectivity index is 1.79. The minimum Gasteiger partial charge on any atom is -0.373 e. The number of benzene rings is 1. The van der Waals surface area contributed by atoms with Crippen LogP contribution in [0, 0.1) is 0 Å². The molecule has 1 aliphatic rings. The summed E-state index contributed by atoms with van der Waals surface area (Å²) in [5.74, 6) is -0.347. The lowest BCUT2D eigenvalue weighted by molar-refractivity contribution is -0.0440. The maximum atomic E-state index is 13.2. The van der Waals surface area contributed by atoms with Gasteiger partial charge in [0.2, 0.25) is 10.0 Å². The molecule has 1 fully saturated rings. The van der Waals surface area contributed by atoms with Gasteiger partial charge in [-0.2, -0.15) is 4.31 Å². The van der Waals surface area contributed by atoms with Crippen LogP contribution in [0.1, 0.15) is 35.1 Å². The Morgan fingerprint density at radius 1 is 1.29 bits per heavy atom. The predicted molar refractivity (Wildman–Crippen MR) is 123 cm³/mol. The number of ether oxygens (including phenoxy) is 1. The summed E-state index contributed by atoms with van der Waals surface area (Å²) in [6.07, 6.45) is -0.437. The second kappa shape index (κ2) is 9.97. The van der Waals surface area contributed by atoms with Crippen molar-refractivity contribution in [3.63, 3.8) is 0 Å². The van der Waals surface area contributed by atoms with E-state index >= 15 is 0 Å². The monoisotopic (exact) mass is 485 g/mol. The zero-order valence-corrected chi connectivity index (χ0v) is 20.4. The molecular formula is C21H28ClN3O4S2. The van der Waals surface area contributed by atoms with Crippen molar-refractivity contribution in [2.24, 2.45) is 0 Å². The minimum atomic E-state index is -3.86. The van der Waals surface area contributed by atoms with Crippen LogP contribution >= 0.6 is 22.9 Å². The molecule has 1 N–H and O–H groups in total. The van der Waals surface area contributed by atoms with Gasteiger partial charge >= 0.3 is 0 Å². The van der Waals surface area contributed by atoms with E-state index in [1.54, 1.807) is 11.3 Å². The van der Waals surface area contributed by atoms with Crippen LogP contribution in [0.5, 0.6) is 0 Å². The zero-order valence-electron chi connectivity index (χ0n) is 18.0. The first-order valence-electron chi connectivity index (χ1n) is 10.0. The van der Waals surface area contributed by atoms with E-state index in [2.05, 4.69) is 5.32 Å². The molecule has 0 bridgehead atoms. The Labute approximate surface area is 193 Å². The molecule has 2 aromatic rings. The van der Waals surface area contributed by atoms with Crippen LogP contribution in [0.4, 0.5) is 0 Å². The van der Waals surface area contributed by atoms with Gasteiger partial charge in [0.05, 0.1) is 23.3 Å². The van der Waals surface area contributed by atoms with Crippen LogP contribution in [0.15, 0.2) is 40.6 Å². The van der Waals surface area contributed by atoms with Crippen LogP contribution in [0.25, 0.3) is 0 Å². The summed E-state index contributed by atoms with van der Waals surface area (Å²) in [4.78, 5) is 15.9. The van der Waals surface area contributed by atoms with Crippen molar-refractivity contribution in [1.29, 1.82) is 0 Å². The standard InChI is InChI=1S/C21H28ClN3O4S2/c1-14-12-25(13-15(2)29-14)31(27,28)20-10-16(7-8-17(20)22)21(26)23-11-18(24(3)4)19-6-5-9-30-19/h5-10,14-15,18H,11-13H2,1-4H3,(H,23,26)/t14-,15+,18-/m1/s1. The SMILES string of the molecule is C[C@@H]1CN(S(=O)(=O)c2cc(C(=O)NC[C@H](c3cccs3)N(C)C)ccc2Cl)C[C@H](C)O1. The fourth-order valence-electron chi connectivity index (χ4n) is 3.62. The number of thiophene rings is 1. The maximum Gasteiger partial charge on any atom is 0.251 e. The molecule has 7 nitrogen and oxygen atoms in total. The summed E-state index contributed by atoms with van der Waals surface area (Å²) in [6, 6.07) is 8.38. The molecule has 3 rings (SSSR count). The third-order valence-corrected chi connectivity index (χ3v) is 8.43. The minimum absolute atomic E-state index is 0.0239. The highest BCUT2D eigenvalue weighted by Gasteiger charge is 2.34. The molecule has 1 aromatic heterocycles. The number of hydrogen-bond acceptors (Lipinski definition) is 6. The second-order valence-corrected chi connectivity index (χ2v) is 11.2. The lowest BCUT2D eigenvalue weighted by Crippen LogP contribution is -2.48. The lowest BCUT2D eigenvalue weighted by Gasteiger charge is -2.34. The van der Waals surface area contributed by atoms with Crippen molar-refractivity contribution in [2.45, 2.75) is 37.0 Å². The Morgan fingerprint density at radius 3 is 2.55 bits per heavy atom. The predicted octanol–water partition coefficient (Wildman–Crippen LogP) is 3.23. The molecule has 0 aliphatic carbocycles. The van der Waals surface area contributed by atoms with E-state index in [0.717, 1.165) is 4.88 Å². The third kappa shape index (κ3) is 5.66. The smallest absolute Gasteiger partial charge is 0.251 e. The van der Waals surface area contributed by atoms with E-state index in [-0.39, 0.29) is 52.7 Å². The van der Waals surface area contributed by atoms with Gasteiger partial charge in [0, 0.05) is 30.1 Å². The molecule has 0 saturated carbocycles. The quantitative estimate of drug-likeness (QED) is 0.651. The summed E-state index contributed by atoms with van der Waals surface area (Å²) >= 11 is 7.87. The second-order valence-electron chi connectivity index (χ2n) is 7.93. The molecule has 3 atom stereocenters. The molecule has 0 unspecified atom stereocenters. The molecule has 31 heavy (non-hydrogen) atoms. The van der Waals surface area contributed by atoms with Crippen LogP contribution in [0.2, 0.25) is 5.02 Å². The number of morpholine rings is 1. The van der Waals surface area contributed by atoms with Gasteiger partial charge in [0.1, 0.15) is 4.90 Å². The maximum absolute atomic E-state index is 13.2. The van der Waals surface area contributed by atoms with Crippen molar-refractivity contribution >= 4 is 38.9 Å². The Morgan fingerprint density at radius 2 is 1.97 bits per heavy atom. The number of carbonyl (C=O) groups is 1. The van der Waals surface area contributed by atoms with Gasteiger partial charge in [-0.3, -0.25) is 4.79 Å². The first kappa shape index (κ1) is 24.2. The summed E-state index contributed by atoms with van der Waals surface area (Å²) in [7, 11) is 0.0445. The van der Waals surface area contributed by atoms with Gasteiger partial charge < -0.3 is 15.0 Å². The zero-order chi connectivity index (χ0) is 22.8. The normalized spacial score (nSPS) is 21.2. The highest BCUT2D eigenvalue weighted by Crippen LogP contribution is 2.28. The van der Waals surface area contributed by atoms with Crippen LogP contribution in [0.3, 0.4) is 0 Å². The van der Waals surface area contributed by atoms with Gasteiger partial charge in [0.25, 0.3) is 5.91 Å². The topological polar surface area (TPSA) is 79.0 Å². The fraction of sp³-hybridized carbons (Fsp3) is 0.476. The van der Waals surface area contributed by atoms with E-state index in [9.17, 15) is 13.2 Å². The summed E-state index contributed by atoms with van der Waals surface area (Å²) in [5.41, 5.74) is 0.251. The molecule has 0 spiro atoms. The number of likely N-dealkylation sites (N-methyl/N-ethyl adjacent to an activating group) is 1. The number of halogens is 1. The average molecular weight is 486 g/mol. The van der Waals surface area contributed by atoms with Gasteiger partial charge in [-0.25, -0.2) is 8.42 Å². The number of amides is 1. The number of sulfonamides is 1. The Kier molecular flexibility index (Phi) is 7.77. The van der Waals surface area contributed by atoms with Crippen LogP contribution in [-0.2, 0) is 14.8 Å². The van der Waals surface area contributed by atoms with E-state index in [0.29, 0.717) is 6.54 Å². The van der Waals surface area contributed by atoms with Gasteiger partial charge in [-0.15, -0.1) is 11.3 Å². The van der Waals surface area contributed by atoms with E-state index in [4.69, 9.17) is 16.3 Å². The fourth-order valence-corrected chi connectivity index (χ4v) is 6.63. The molecule has 170 valence electrons. The first-order chi connectivity index (χ1) is 14.6. The molecule has 1 saturated heterocycles. The average Bonchev–Trinajstić information content (AvgIpc) is 3.21. The lowest BCUT2D eigenvalue weighted by atomic mass is 10.2. The molecule has 1 amide bonds. The largest absolute Gasteiger partial charge is 0.373 e. The Bertz CT molecular complexity index is 1000. The number of nitrogens with one attached hydrogen (secondary N) is 1. The van der Waals surface area contributed by atoms with E-state index < -0.39 is 10.0 Å². The molecule has 1 aliphatic heterocycles. The van der Waals surface area contributed by atoms with E-state index in [1.807, 2.05) is 50.4 Å². The molecule has 10 heteroatoms. The Hall–Kier alpha value is -1.49. The van der Waals surface area contributed by atoms with Crippen molar-refractivity contribution in [2.75, 3.05) is 33.7 Å². The van der Waals surface area contributed by atoms with Gasteiger partial charge in [-0.05, 0) is 57.6 Å². The third-order valence-electron chi connectivity index (χ3n) is 5.15.